The molecule has 20 heavy (non-hydrogen) atoms. The van der Waals surface area contributed by atoms with E-state index in [0.29, 0.717) is 0 Å². The van der Waals surface area contributed by atoms with Crippen molar-refractivity contribution in [3.63, 3.8) is 0 Å². The molecule has 2 N–H and O–H groups in total. The van der Waals surface area contributed by atoms with Gasteiger partial charge in [-0.2, -0.15) is 0 Å². The van der Waals surface area contributed by atoms with Crippen LogP contribution < -0.4 is 4.72 Å². The van der Waals surface area contributed by atoms with Crippen molar-refractivity contribution in [2.24, 2.45) is 0 Å². The van der Waals surface area contributed by atoms with Crippen LogP contribution in [-0.4, -0.2) is 24.5 Å². The van der Waals surface area contributed by atoms with Gasteiger partial charge in [-0.25, -0.2) is 18.2 Å². The van der Waals surface area contributed by atoms with Crippen molar-refractivity contribution in [3.05, 3.63) is 52.8 Å². The molecule has 0 unspecified atom stereocenters. The molecule has 104 valence electrons. The van der Waals surface area contributed by atoms with E-state index in [0.717, 1.165) is 10.5 Å². The number of hydrogen-bond acceptors (Lipinski definition) is 4. The summed E-state index contributed by atoms with van der Waals surface area (Å²) in [7, 11) is -3.76. The number of carboxylic acids is 1. The fourth-order valence-electron chi connectivity index (χ4n) is 1.44. The number of pyridine rings is 1. The zero-order chi connectivity index (χ0) is 14.8. The van der Waals surface area contributed by atoms with E-state index in [-0.39, 0.29) is 16.3 Å². The normalized spacial score (nSPS) is 11.1. The van der Waals surface area contributed by atoms with Gasteiger partial charge >= 0.3 is 5.97 Å². The number of halogens is 1. The zero-order valence-electron chi connectivity index (χ0n) is 9.95. The number of nitrogens with one attached hydrogen (secondary N) is 1. The minimum absolute atomic E-state index is 0.0781. The Labute approximate surface area is 123 Å². The summed E-state index contributed by atoms with van der Waals surface area (Å²) in [4.78, 5) is 14.5. The maximum absolute atomic E-state index is 12.1. The second-order valence-corrected chi connectivity index (χ2v) is 6.39. The fourth-order valence-corrected chi connectivity index (χ4v) is 2.75. The summed E-state index contributed by atoms with van der Waals surface area (Å²) in [5.41, 5.74) is -0.0960. The lowest BCUT2D eigenvalue weighted by Gasteiger charge is -2.08. The Balaban J connectivity index is 2.31. The number of aromatic nitrogens is 1. The smallest absolute Gasteiger partial charge is 0.354 e. The Morgan fingerprint density at radius 3 is 2.45 bits per heavy atom. The number of hydrogen-bond donors (Lipinski definition) is 2. The van der Waals surface area contributed by atoms with Gasteiger partial charge in [-0.1, -0.05) is 15.9 Å². The summed E-state index contributed by atoms with van der Waals surface area (Å²) in [6.45, 7) is 0. The molecule has 2 aromatic rings. The summed E-state index contributed by atoms with van der Waals surface area (Å²) < 4.78 is 27.3. The molecule has 0 aliphatic heterocycles. The number of anilines is 1. The van der Waals surface area contributed by atoms with E-state index >= 15 is 0 Å². The molecule has 6 nitrogen and oxygen atoms in total. The first kappa shape index (κ1) is 14.5. The van der Waals surface area contributed by atoms with Crippen molar-refractivity contribution in [3.8, 4) is 0 Å². The molecule has 0 aliphatic rings. The van der Waals surface area contributed by atoms with Gasteiger partial charge in [0.15, 0.2) is 0 Å². The van der Waals surface area contributed by atoms with Gasteiger partial charge in [0.1, 0.15) is 5.69 Å². The molecule has 0 saturated heterocycles. The number of aromatic carboxylic acids is 1. The van der Waals surface area contributed by atoms with Crippen molar-refractivity contribution >= 4 is 37.6 Å². The highest BCUT2D eigenvalue weighted by Gasteiger charge is 2.15. The van der Waals surface area contributed by atoms with Crippen LogP contribution in [0, 0.1) is 0 Å². The predicted molar refractivity (Wildman–Crippen MR) is 76.1 cm³/mol. The van der Waals surface area contributed by atoms with E-state index in [1.54, 1.807) is 12.1 Å². The topological polar surface area (TPSA) is 96.4 Å². The van der Waals surface area contributed by atoms with Crippen molar-refractivity contribution in [1.29, 1.82) is 0 Å². The summed E-state index contributed by atoms with van der Waals surface area (Å²) >= 11 is 3.22. The molecule has 2 rings (SSSR count). The van der Waals surface area contributed by atoms with Crippen LogP contribution in [0.5, 0.6) is 0 Å². The number of sulfonamides is 1. The van der Waals surface area contributed by atoms with Crippen LogP contribution in [0.1, 0.15) is 10.5 Å². The van der Waals surface area contributed by atoms with Crippen LogP contribution in [0.4, 0.5) is 5.69 Å². The average Bonchev–Trinajstić information content (AvgIpc) is 2.39. The number of carboxylic acid groups (broad SMARTS) is 1. The quantitative estimate of drug-likeness (QED) is 0.876. The molecule has 0 bridgehead atoms. The summed E-state index contributed by atoms with van der Waals surface area (Å²) in [6.07, 6.45) is 1.23. The van der Waals surface area contributed by atoms with E-state index in [4.69, 9.17) is 5.11 Å². The number of carbonyl (C=O) groups is 1. The van der Waals surface area contributed by atoms with Gasteiger partial charge in [0.25, 0.3) is 10.0 Å². The predicted octanol–water partition coefficient (Wildman–Crippen LogP) is 2.34. The monoisotopic (exact) mass is 356 g/mol. The van der Waals surface area contributed by atoms with Crippen LogP contribution in [0.15, 0.2) is 52.0 Å². The van der Waals surface area contributed by atoms with Crippen molar-refractivity contribution in [2.45, 2.75) is 4.90 Å². The van der Waals surface area contributed by atoms with Crippen LogP contribution in [0.25, 0.3) is 0 Å². The lowest BCUT2D eigenvalue weighted by molar-refractivity contribution is 0.0690. The van der Waals surface area contributed by atoms with Gasteiger partial charge < -0.3 is 5.11 Å². The van der Waals surface area contributed by atoms with Gasteiger partial charge in [-0.05, 0) is 36.4 Å². The Bertz CT molecular complexity index is 744. The third kappa shape index (κ3) is 3.34. The molecule has 0 spiro atoms. The minimum atomic E-state index is -3.76. The molecular weight excluding hydrogens is 348 g/mol. The molecular formula is C12H9BrN2O4S. The van der Waals surface area contributed by atoms with Gasteiger partial charge in [0.05, 0.1) is 10.6 Å². The first-order valence-corrected chi connectivity index (χ1v) is 7.64. The van der Waals surface area contributed by atoms with E-state index in [1.165, 1.54) is 24.4 Å². The molecule has 0 atom stereocenters. The summed E-state index contributed by atoms with van der Waals surface area (Å²) in [5.74, 6) is -1.23. The molecule has 1 aromatic carbocycles. The molecule has 0 saturated carbocycles. The second-order valence-electron chi connectivity index (χ2n) is 3.79. The lowest BCUT2D eigenvalue weighted by Crippen LogP contribution is -2.13. The van der Waals surface area contributed by atoms with Crippen LogP contribution in [0.3, 0.4) is 0 Å². The maximum Gasteiger partial charge on any atom is 0.354 e. The summed E-state index contributed by atoms with van der Waals surface area (Å²) in [5, 5.41) is 8.81. The Kier molecular flexibility index (Phi) is 4.05. The molecule has 1 heterocycles. The molecule has 0 radical (unpaired) electrons. The van der Waals surface area contributed by atoms with Crippen molar-refractivity contribution in [2.75, 3.05) is 4.72 Å². The number of nitrogens with zero attached hydrogens (tertiary/aromatic N) is 1. The van der Waals surface area contributed by atoms with Gasteiger partial charge in [-0.3, -0.25) is 4.72 Å². The van der Waals surface area contributed by atoms with Gasteiger partial charge in [0, 0.05) is 10.7 Å². The van der Waals surface area contributed by atoms with Crippen LogP contribution >= 0.6 is 15.9 Å². The molecule has 0 amide bonds. The fraction of sp³-hybridized carbons (Fsp3) is 0. The standard InChI is InChI=1S/C12H9BrN2O4S/c13-8-1-3-10(4-2-8)20(18,19)15-9-5-6-14-11(7-9)12(16)17/h1-7H,(H,14,15)(H,16,17). The molecule has 0 aliphatic carbocycles. The van der Waals surface area contributed by atoms with Crippen molar-refractivity contribution in [1.82, 2.24) is 4.98 Å². The third-order valence-electron chi connectivity index (χ3n) is 2.36. The Morgan fingerprint density at radius 1 is 1.20 bits per heavy atom. The molecule has 0 fully saturated rings. The highest BCUT2D eigenvalue weighted by molar-refractivity contribution is 9.10. The van der Waals surface area contributed by atoms with E-state index in [9.17, 15) is 13.2 Å². The van der Waals surface area contributed by atoms with Gasteiger partial charge in [-0.15, -0.1) is 0 Å². The van der Waals surface area contributed by atoms with Crippen LogP contribution in [0.2, 0.25) is 0 Å². The van der Waals surface area contributed by atoms with Crippen LogP contribution in [-0.2, 0) is 10.0 Å². The second kappa shape index (κ2) is 5.59. The Morgan fingerprint density at radius 2 is 1.85 bits per heavy atom. The highest BCUT2D eigenvalue weighted by Crippen LogP contribution is 2.18. The first-order chi connectivity index (χ1) is 9.38. The first-order valence-electron chi connectivity index (χ1n) is 5.36. The summed E-state index contributed by atoms with van der Waals surface area (Å²) in [6, 6.07) is 8.60. The minimum Gasteiger partial charge on any atom is -0.477 e. The Hall–Kier alpha value is -1.93. The maximum atomic E-state index is 12.1. The molecule has 8 heteroatoms. The van der Waals surface area contributed by atoms with E-state index in [1.807, 2.05) is 0 Å². The van der Waals surface area contributed by atoms with E-state index < -0.39 is 16.0 Å². The molecule has 1 aromatic heterocycles. The van der Waals surface area contributed by atoms with E-state index in [2.05, 4.69) is 25.6 Å². The van der Waals surface area contributed by atoms with Crippen molar-refractivity contribution < 1.29 is 18.3 Å². The van der Waals surface area contributed by atoms with Gasteiger partial charge in [0.2, 0.25) is 0 Å². The lowest BCUT2D eigenvalue weighted by atomic mass is 10.3. The number of benzene rings is 1. The number of rotatable bonds is 4. The third-order valence-corrected chi connectivity index (χ3v) is 4.28. The largest absolute Gasteiger partial charge is 0.477 e. The highest BCUT2D eigenvalue weighted by atomic mass is 79.9. The zero-order valence-corrected chi connectivity index (χ0v) is 12.3. The SMILES string of the molecule is O=C(O)c1cc(NS(=O)(=O)c2ccc(Br)cc2)ccn1. The average molecular weight is 357 g/mol.